The number of fused-ring (bicyclic) bond motifs is 1. The number of likely N-dealkylation sites (N-methyl/N-ethyl adjacent to an activating group) is 1. The van der Waals surface area contributed by atoms with Gasteiger partial charge in [-0.05, 0) is 49.2 Å². The lowest BCUT2D eigenvalue weighted by atomic mass is 10.0. The summed E-state index contributed by atoms with van der Waals surface area (Å²) < 4.78 is 15.2. The number of ether oxygens (including phenoxy) is 2. The Morgan fingerprint density at radius 3 is 2.51 bits per heavy atom. The lowest BCUT2D eigenvalue weighted by molar-refractivity contribution is 0.271. The van der Waals surface area contributed by atoms with E-state index in [1.807, 2.05) is 35.3 Å². The highest BCUT2D eigenvalue weighted by molar-refractivity contribution is 5.98. The van der Waals surface area contributed by atoms with Crippen LogP contribution >= 0.6 is 0 Å². The lowest BCUT2D eigenvalue weighted by Crippen LogP contribution is -2.46. The summed E-state index contributed by atoms with van der Waals surface area (Å²) in [7, 11) is 3.30. The average molecular weight is 504 g/mol. The largest absolute Gasteiger partial charge is 0.494 e. The number of rotatable bonds is 10. The summed E-state index contributed by atoms with van der Waals surface area (Å²) in [6.45, 7) is 8.26. The first-order valence-corrected chi connectivity index (χ1v) is 13.1. The minimum absolute atomic E-state index is 0.0690. The van der Waals surface area contributed by atoms with Crippen molar-refractivity contribution in [3.8, 4) is 17.4 Å². The van der Waals surface area contributed by atoms with Crippen molar-refractivity contribution in [3.63, 3.8) is 0 Å². The summed E-state index contributed by atoms with van der Waals surface area (Å²) in [4.78, 5) is 9.09. The van der Waals surface area contributed by atoms with Gasteiger partial charge in [-0.25, -0.2) is 4.98 Å². The van der Waals surface area contributed by atoms with Crippen molar-refractivity contribution in [2.45, 2.75) is 32.4 Å². The third kappa shape index (κ3) is 5.11. The second-order valence-electron chi connectivity index (χ2n) is 9.59. The molecule has 5 rings (SSSR count). The predicted octanol–water partition coefficient (Wildman–Crippen LogP) is 4.77. The van der Waals surface area contributed by atoms with E-state index in [1.54, 1.807) is 20.4 Å². The maximum atomic E-state index is 11.5. The lowest BCUT2D eigenvalue weighted by Gasteiger charge is -2.35. The molecule has 1 aliphatic rings. The zero-order valence-corrected chi connectivity index (χ0v) is 22.0. The molecule has 0 amide bonds. The number of hydrogen-bond acceptors (Lipinski definition) is 6. The Morgan fingerprint density at radius 2 is 1.81 bits per heavy atom. The minimum atomic E-state index is -0.0690. The van der Waals surface area contributed by atoms with Gasteiger partial charge in [0, 0.05) is 67.8 Å². The van der Waals surface area contributed by atoms with Gasteiger partial charge in [-0.3, -0.25) is 0 Å². The highest BCUT2D eigenvalue weighted by Gasteiger charge is 2.24. The van der Waals surface area contributed by atoms with E-state index in [0.717, 1.165) is 68.4 Å². The first-order valence-electron chi connectivity index (χ1n) is 13.1. The predicted molar refractivity (Wildman–Crippen MR) is 147 cm³/mol. The molecular formula is C29H37N5O3. The number of aromatic nitrogens is 3. The number of aromatic hydroxyl groups is 1. The Bertz CT molecular complexity index is 1310. The number of nitrogens with zero attached hydrogens (tertiary/aromatic N) is 5. The molecule has 0 saturated carbocycles. The first kappa shape index (κ1) is 25.0. The van der Waals surface area contributed by atoms with Gasteiger partial charge in [0.25, 0.3) is 0 Å². The molecular weight excluding hydrogens is 466 g/mol. The van der Waals surface area contributed by atoms with Crippen LogP contribution < -0.4 is 14.4 Å². The highest BCUT2D eigenvalue weighted by Crippen LogP contribution is 2.40. The van der Waals surface area contributed by atoms with Crippen molar-refractivity contribution in [2.24, 2.45) is 0 Å². The molecule has 196 valence electrons. The molecule has 0 bridgehead atoms. The SMILES string of the molecule is CCN1CCN(c2cccc3c(O)n([C@H](CCCn4ccnc4)c4ccc(OC)c(OC)c4)cc23)CC1. The van der Waals surface area contributed by atoms with Gasteiger partial charge in [-0.15, -0.1) is 0 Å². The summed E-state index contributed by atoms with van der Waals surface area (Å²) in [5.74, 6) is 1.68. The number of hydrogen-bond donors (Lipinski definition) is 1. The number of anilines is 1. The molecule has 3 heterocycles. The van der Waals surface area contributed by atoms with Gasteiger partial charge in [0.05, 0.1) is 26.6 Å². The molecule has 1 atom stereocenters. The standard InChI is InChI=1S/C29H37N5O3/c1-4-31-15-17-33(18-16-31)26-8-5-7-23-24(26)20-34(29(23)35)25(9-6-13-32-14-12-30-21-32)22-10-11-27(36-2)28(19-22)37-3/h5,7-8,10-12,14,19-21,25,35H,4,6,9,13,15-18H2,1-3H3/t25-/m1/s1. The van der Waals surface area contributed by atoms with E-state index in [1.165, 1.54) is 5.69 Å². The summed E-state index contributed by atoms with van der Waals surface area (Å²) in [5, 5.41) is 13.5. The number of imidazole rings is 1. The van der Waals surface area contributed by atoms with Gasteiger partial charge >= 0.3 is 0 Å². The molecule has 0 aliphatic carbocycles. The summed E-state index contributed by atoms with van der Waals surface area (Å²) in [5.41, 5.74) is 2.25. The van der Waals surface area contributed by atoms with Crippen LogP contribution in [0.25, 0.3) is 10.8 Å². The van der Waals surface area contributed by atoms with E-state index < -0.39 is 0 Å². The molecule has 0 radical (unpaired) electrons. The van der Waals surface area contributed by atoms with Crippen molar-refractivity contribution in [1.82, 2.24) is 19.0 Å². The molecule has 1 fully saturated rings. The number of methoxy groups -OCH3 is 2. The fourth-order valence-corrected chi connectivity index (χ4v) is 5.45. The minimum Gasteiger partial charge on any atom is -0.494 e. The average Bonchev–Trinajstić information content (AvgIpc) is 3.58. The van der Waals surface area contributed by atoms with E-state index in [4.69, 9.17) is 9.47 Å². The molecule has 2 aromatic carbocycles. The molecule has 2 aromatic heterocycles. The molecule has 4 aromatic rings. The van der Waals surface area contributed by atoms with Crippen molar-refractivity contribution in [2.75, 3.05) is 51.8 Å². The smallest absolute Gasteiger partial charge is 0.199 e. The van der Waals surface area contributed by atoms with E-state index in [0.29, 0.717) is 17.4 Å². The van der Waals surface area contributed by atoms with Gasteiger partial charge in [0.15, 0.2) is 17.4 Å². The maximum absolute atomic E-state index is 11.5. The Balaban J connectivity index is 1.51. The van der Waals surface area contributed by atoms with Crippen LogP contribution in [0.1, 0.15) is 31.4 Å². The zero-order valence-electron chi connectivity index (χ0n) is 22.0. The van der Waals surface area contributed by atoms with Crippen molar-refractivity contribution in [3.05, 3.63) is 66.9 Å². The van der Waals surface area contributed by atoms with Crippen LogP contribution in [0.5, 0.6) is 17.4 Å². The van der Waals surface area contributed by atoms with Crippen LogP contribution in [0.2, 0.25) is 0 Å². The van der Waals surface area contributed by atoms with Crippen LogP contribution in [0, 0.1) is 0 Å². The molecule has 37 heavy (non-hydrogen) atoms. The topological polar surface area (TPSA) is 67.9 Å². The Hall–Kier alpha value is -3.65. The second-order valence-corrected chi connectivity index (χ2v) is 9.59. The van der Waals surface area contributed by atoms with E-state index >= 15 is 0 Å². The number of piperazine rings is 1. The fourth-order valence-electron chi connectivity index (χ4n) is 5.45. The van der Waals surface area contributed by atoms with Crippen LogP contribution in [-0.4, -0.2) is 71.1 Å². The number of benzene rings is 2. The van der Waals surface area contributed by atoms with Crippen LogP contribution in [-0.2, 0) is 6.54 Å². The molecule has 1 N–H and O–H groups in total. The van der Waals surface area contributed by atoms with Gasteiger partial charge < -0.3 is 33.5 Å². The molecule has 1 aliphatic heterocycles. The van der Waals surface area contributed by atoms with Crippen molar-refractivity contribution >= 4 is 16.5 Å². The second kappa shape index (κ2) is 11.2. The van der Waals surface area contributed by atoms with Gasteiger partial charge in [0.2, 0.25) is 0 Å². The van der Waals surface area contributed by atoms with Gasteiger partial charge in [0.1, 0.15) is 0 Å². The third-order valence-electron chi connectivity index (χ3n) is 7.58. The maximum Gasteiger partial charge on any atom is 0.199 e. The molecule has 1 saturated heterocycles. The van der Waals surface area contributed by atoms with Crippen LogP contribution in [0.15, 0.2) is 61.3 Å². The van der Waals surface area contributed by atoms with Gasteiger partial charge in [-0.1, -0.05) is 19.1 Å². The Labute approximate surface area is 218 Å². The molecule has 0 unspecified atom stereocenters. The van der Waals surface area contributed by atoms with E-state index in [-0.39, 0.29) is 6.04 Å². The summed E-state index contributed by atoms with van der Waals surface area (Å²) >= 11 is 0. The fraction of sp³-hybridized carbons (Fsp3) is 0.414. The summed E-state index contributed by atoms with van der Waals surface area (Å²) in [6.07, 6.45) is 9.53. The Kier molecular flexibility index (Phi) is 7.55. The normalized spacial score (nSPS) is 15.3. The van der Waals surface area contributed by atoms with Crippen LogP contribution in [0.3, 0.4) is 0 Å². The number of aryl methyl sites for hydroxylation is 1. The zero-order chi connectivity index (χ0) is 25.8. The van der Waals surface area contributed by atoms with E-state index in [2.05, 4.69) is 50.7 Å². The highest BCUT2D eigenvalue weighted by atomic mass is 16.5. The Morgan fingerprint density at radius 1 is 1.00 bits per heavy atom. The monoisotopic (exact) mass is 503 g/mol. The quantitative estimate of drug-likeness (QED) is 0.336. The first-order chi connectivity index (χ1) is 18.1. The van der Waals surface area contributed by atoms with E-state index in [9.17, 15) is 5.11 Å². The third-order valence-corrected chi connectivity index (χ3v) is 7.58. The van der Waals surface area contributed by atoms with Crippen molar-refractivity contribution in [1.29, 1.82) is 0 Å². The molecule has 8 nitrogen and oxygen atoms in total. The van der Waals surface area contributed by atoms with Crippen LogP contribution in [0.4, 0.5) is 5.69 Å². The van der Waals surface area contributed by atoms with Crippen molar-refractivity contribution < 1.29 is 14.6 Å². The molecule has 0 spiro atoms. The molecule has 8 heteroatoms. The van der Waals surface area contributed by atoms with Gasteiger partial charge in [-0.2, -0.15) is 0 Å². The summed E-state index contributed by atoms with van der Waals surface area (Å²) in [6, 6.07) is 12.2.